The average Bonchev–Trinajstić information content (AvgIpc) is 2.29. The van der Waals surface area contributed by atoms with E-state index >= 15 is 0 Å². The van der Waals surface area contributed by atoms with Crippen molar-refractivity contribution in [2.45, 2.75) is 6.54 Å². The lowest BCUT2D eigenvalue weighted by atomic mass is 10.2. The third-order valence-electron chi connectivity index (χ3n) is 2.11. The first-order valence-electron chi connectivity index (χ1n) is 4.67. The Labute approximate surface area is 103 Å². The van der Waals surface area contributed by atoms with Crippen molar-refractivity contribution in [2.24, 2.45) is 5.73 Å². The Morgan fingerprint density at radius 3 is 2.38 bits per heavy atom. The smallest absolute Gasteiger partial charge is 0.160 e. The molecule has 0 bridgehead atoms. The summed E-state index contributed by atoms with van der Waals surface area (Å²) in [5.41, 5.74) is 7.11. The van der Waals surface area contributed by atoms with Gasteiger partial charge in [-0.1, -0.05) is 23.2 Å². The predicted molar refractivity (Wildman–Crippen MR) is 65.4 cm³/mol. The Morgan fingerprint density at radius 1 is 1.12 bits per heavy atom. The molecule has 2 N–H and O–H groups in total. The Morgan fingerprint density at radius 2 is 1.81 bits per heavy atom. The van der Waals surface area contributed by atoms with Gasteiger partial charge in [-0.25, -0.2) is 9.97 Å². The van der Waals surface area contributed by atoms with Crippen molar-refractivity contribution in [3.05, 3.63) is 46.2 Å². The maximum Gasteiger partial charge on any atom is 0.160 e. The van der Waals surface area contributed by atoms with Crippen molar-refractivity contribution in [2.75, 3.05) is 0 Å². The summed E-state index contributed by atoms with van der Waals surface area (Å²) in [5.74, 6) is 0.568. The lowest BCUT2D eigenvalue weighted by molar-refractivity contribution is 1.01. The van der Waals surface area contributed by atoms with Crippen LogP contribution in [-0.4, -0.2) is 9.97 Å². The third-order valence-corrected chi connectivity index (χ3v) is 2.66. The second kappa shape index (κ2) is 4.78. The maximum absolute atomic E-state index is 6.05. The molecule has 0 saturated carbocycles. The summed E-state index contributed by atoms with van der Waals surface area (Å²) in [6.45, 7) is 0.425. The van der Waals surface area contributed by atoms with Crippen LogP contribution in [0.3, 0.4) is 0 Å². The molecule has 0 radical (unpaired) electrons. The zero-order valence-electron chi connectivity index (χ0n) is 8.32. The molecular weight excluding hydrogens is 245 g/mol. The second-order valence-electron chi connectivity index (χ2n) is 3.24. The van der Waals surface area contributed by atoms with Gasteiger partial charge in [0, 0.05) is 35.1 Å². The molecule has 2 rings (SSSR count). The molecule has 1 aromatic carbocycles. The summed E-state index contributed by atoms with van der Waals surface area (Å²) in [5, 5.41) is 1.13. The van der Waals surface area contributed by atoms with Gasteiger partial charge >= 0.3 is 0 Å². The molecule has 0 unspecified atom stereocenters. The van der Waals surface area contributed by atoms with Gasteiger partial charge in [0.25, 0.3) is 0 Å². The minimum Gasteiger partial charge on any atom is -0.326 e. The molecule has 16 heavy (non-hydrogen) atoms. The van der Waals surface area contributed by atoms with Crippen molar-refractivity contribution in [3.8, 4) is 11.4 Å². The van der Waals surface area contributed by atoms with Crippen LogP contribution in [0.15, 0.2) is 30.6 Å². The van der Waals surface area contributed by atoms with Crippen LogP contribution < -0.4 is 5.73 Å². The number of hydrogen-bond acceptors (Lipinski definition) is 3. The molecule has 0 spiro atoms. The van der Waals surface area contributed by atoms with Crippen molar-refractivity contribution in [3.63, 3.8) is 0 Å². The Kier molecular flexibility index (Phi) is 3.39. The van der Waals surface area contributed by atoms with Crippen molar-refractivity contribution >= 4 is 23.2 Å². The zero-order valence-corrected chi connectivity index (χ0v) is 9.83. The van der Waals surface area contributed by atoms with Gasteiger partial charge in [-0.3, -0.25) is 0 Å². The molecule has 0 aliphatic rings. The fourth-order valence-corrected chi connectivity index (χ4v) is 1.76. The summed E-state index contributed by atoms with van der Waals surface area (Å²) in [6, 6.07) is 5.21. The van der Waals surface area contributed by atoms with Crippen molar-refractivity contribution < 1.29 is 0 Å². The van der Waals surface area contributed by atoms with E-state index in [4.69, 9.17) is 28.9 Å². The minimum absolute atomic E-state index is 0.425. The highest BCUT2D eigenvalue weighted by Crippen LogP contribution is 2.27. The van der Waals surface area contributed by atoms with Gasteiger partial charge < -0.3 is 5.73 Å². The monoisotopic (exact) mass is 253 g/mol. The Hall–Kier alpha value is -1.16. The summed E-state index contributed by atoms with van der Waals surface area (Å²) in [7, 11) is 0. The van der Waals surface area contributed by atoms with E-state index in [0.29, 0.717) is 22.4 Å². The van der Waals surface area contributed by atoms with Gasteiger partial charge in [-0.2, -0.15) is 0 Å². The fraction of sp³-hybridized carbons (Fsp3) is 0.0909. The third kappa shape index (κ3) is 2.32. The number of halogens is 2. The number of nitrogens with zero attached hydrogens (tertiary/aromatic N) is 2. The van der Waals surface area contributed by atoms with E-state index in [-0.39, 0.29) is 0 Å². The molecule has 0 aliphatic carbocycles. The van der Waals surface area contributed by atoms with E-state index < -0.39 is 0 Å². The number of hydrogen-bond donors (Lipinski definition) is 1. The molecule has 82 valence electrons. The molecule has 0 amide bonds. The molecule has 3 nitrogen and oxygen atoms in total. The van der Waals surface area contributed by atoms with E-state index in [1.165, 1.54) is 0 Å². The van der Waals surface area contributed by atoms with Crippen molar-refractivity contribution in [1.29, 1.82) is 0 Å². The van der Waals surface area contributed by atoms with E-state index in [1.54, 1.807) is 30.6 Å². The number of rotatable bonds is 2. The van der Waals surface area contributed by atoms with Crippen LogP contribution in [0.5, 0.6) is 0 Å². The summed E-state index contributed by atoms with van der Waals surface area (Å²) in [6.07, 6.45) is 3.38. The van der Waals surface area contributed by atoms with E-state index in [2.05, 4.69) is 9.97 Å². The highest BCUT2D eigenvalue weighted by atomic mass is 35.5. The molecule has 2 aromatic rings. The lowest BCUT2D eigenvalue weighted by Gasteiger charge is -2.03. The molecule has 1 heterocycles. The molecule has 0 saturated heterocycles. The molecule has 1 aromatic heterocycles. The lowest BCUT2D eigenvalue weighted by Crippen LogP contribution is -1.99. The molecule has 0 fully saturated rings. The zero-order chi connectivity index (χ0) is 11.5. The topological polar surface area (TPSA) is 51.8 Å². The summed E-state index contributed by atoms with van der Waals surface area (Å²) < 4.78 is 0. The minimum atomic E-state index is 0.425. The van der Waals surface area contributed by atoms with Gasteiger partial charge in [0.05, 0.1) is 5.02 Å². The predicted octanol–water partition coefficient (Wildman–Crippen LogP) is 2.91. The van der Waals surface area contributed by atoms with Crippen LogP contribution in [0.25, 0.3) is 11.4 Å². The SMILES string of the molecule is NCc1cnc(-c2ccc(Cl)cc2Cl)nc1. The van der Waals surface area contributed by atoms with Gasteiger partial charge in [0.1, 0.15) is 0 Å². The van der Waals surface area contributed by atoms with Gasteiger partial charge in [0.2, 0.25) is 0 Å². The van der Waals surface area contributed by atoms with Gasteiger partial charge in [-0.05, 0) is 18.2 Å². The first-order valence-corrected chi connectivity index (χ1v) is 5.42. The Bertz CT molecular complexity index is 497. The number of nitrogens with two attached hydrogens (primary N) is 1. The standard InChI is InChI=1S/C11H9Cl2N3/c12-8-1-2-9(10(13)3-8)11-15-5-7(4-14)6-16-11/h1-3,5-6H,4,14H2. The first-order chi connectivity index (χ1) is 7.70. The molecule has 5 heteroatoms. The molecule has 0 atom stereocenters. The number of aromatic nitrogens is 2. The molecular formula is C11H9Cl2N3. The van der Waals surface area contributed by atoms with Crippen LogP contribution in [-0.2, 0) is 6.54 Å². The largest absolute Gasteiger partial charge is 0.326 e. The first kappa shape index (κ1) is 11.3. The van der Waals surface area contributed by atoms with Crippen LogP contribution in [0.1, 0.15) is 5.56 Å². The summed E-state index contributed by atoms with van der Waals surface area (Å²) >= 11 is 11.9. The van der Waals surface area contributed by atoms with E-state index in [0.717, 1.165) is 11.1 Å². The van der Waals surface area contributed by atoms with Crippen LogP contribution in [0.2, 0.25) is 10.0 Å². The normalized spacial score (nSPS) is 10.4. The van der Waals surface area contributed by atoms with Gasteiger partial charge in [0.15, 0.2) is 5.82 Å². The van der Waals surface area contributed by atoms with Crippen LogP contribution in [0, 0.1) is 0 Å². The summed E-state index contributed by atoms with van der Waals surface area (Å²) in [4.78, 5) is 8.38. The second-order valence-corrected chi connectivity index (χ2v) is 4.09. The van der Waals surface area contributed by atoms with Crippen LogP contribution in [0.4, 0.5) is 0 Å². The quantitative estimate of drug-likeness (QED) is 0.896. The number of benzene rings is 1. The van der Waals surface area contributed by atoms with Crippen molar-refractivity contribution in [1.82, 2.24) is 9.97 Å². The van der Waals surface area contributed by atoms with E-state index in [1.807, 2.05) is 0 Å². The fourth-order valence-electron chi connectivity index (χ4n) is 1.27. The highest BCUT2D eigenvalue weighted by Gasteiger charge is 2.06. The van der Waals surface area contributed by atoms with E-state index in [9.17, 15) is 0 Å². The van der Waals surface area contributed by atoms with Crippen LogP contribution >= 0.6 is 23.2 Å². The van der Waals surface area contributed by atoms with Gasteiger partial charge in [-0.15, -0.1) is 0 Å². The highest BCUT2D eigenvalue weighted by molar-refractivity contribution is 6.36. The Balaban J connectivity index is 2.42. The maximum atomic E-state index is 6.05. The molecule has 0 aliphatic heterocycles. The average molecular weight is 254 g/mol.